The van der Waals surface area contributed by atoms with Crippen LogP contribution in [0, 0.1) is 0 Å². The van der Waals surface area contributed by atoms with Gasteiger partial charge in [-0.05, 0) is 24.3 Å². The van der Waals surface area contributed by atoms with Crippen molar-refractivity contribution in [3.05, 3.63) is 60.3 Å². The summed E-state index contributed by atoms with van der Waals surface area (Å²) in [7, 11) is 4.85. The van der Waals surface area contributed by atoms with Crippen LogP contribution in [0.15, 0.2) is 54.6 Å². The van der Waals surface area contributed by atoms with Gasteiger partial charge in [0.15, 0.2) is 11.5 Å². The van der Waals surface area contributed by atoms with E-state index < -0.39 is 0 Å². The fraction of sp³-hybridized carbons (Fsp3) is 0.158. The van der Waals surface area contributed by atoms with Crippen LogP contribution in [0.1, 0.15) is 10.5 Å². The highest BCUT2D eigenvalue weighted by Crippen LogP contribution is 2.31. The van der Waals surface area contributed by atoms with Gasteiger partial charge in [-0.25, -0.2) is 4.98 Å². The molecule has 0 spiro atoms. The number of aromatic nitrogens is 1. The minimum atomic E-state index is -0.187. The number of fused-ring (bicyclic) bond motifs is 1. The molecule has 2 aromatic carbocycles. The molecule has 0 fully saturated rings. The second-order valence-electron chi connectivity index (χ2n) is 5.29. The molecule has 5 heteroatoms. The third kappa shape index (κ3) is 2.88. The molecule has 3 rings (SSSR count). The van der Waals surface area contributed by atoms with Gasteiger partial charge in [0.05, 0.1) is 19.7 Å². The van der Waals surface area contributed by atoms with Crippen LogP contribution in [0.3, 0.4) is 0 Å². The van der Waals surface area contributed by atoms with Crippen molar-refractivity contribution in [3.8, 4) is 11.5 Å². The highest BCUT2D eigenvalue weighted by atomic mass is 16.5. The Hall–Kier alpha value is -3.08. The molecule has 1 aromatic heterocycles. The van der Waals surface area contributed by atoms with Crippen molar-refractivity contribution in [2.24, 2.45) is 0 Å². The summed E-state index contributed by atoms with van der Waals surface area (Å²) in [6, 6.07) is 16.7. The lowest BCUT2D eigenvalue weighted by molar-refractivity contribution is 0.0988. The van der Waals surface area contributed by atoms with E-state index in [-0.39, 0.29) is 5.91 Å². The molecule has 0 saturated heterocycles. The van der Waals surface area contributed by atoms with Crippen LogP contribution in [0.25, 0.3) is 10.9 Å². The van der Waals surface area contributed by atoms with E-state index in [0.29, 0.717) is 22.9 Å². The Bertz CT molecular complexity index is 893. The lowest BCUT2D eigenvalue weighted by Gasteiger charge is -2.19. The lowest BCUT2D eigenvalue weighted by Crippen LogP contribution is -2.27. The van der Waals surface area contributed by atoms with Crippen molar-refractivity contribution in [1.82, 2.24) is 4.98 Å². The molecule has 0 aliphatic rings. The van der Waals surface area contributed by atoms with Crippen LogP contribution in [0.2, 0.25) is 0 Å². The molecule has 0 aliphatic carbocycles. The number of nitrogens with zero attached hydrogens (tertiary/aromatic N) is 2. The predicted octanol–water partition coefficient (Wildman–Crippen LogP) is 3.53. The van der Waals surface area contributed by atoms with Crippen LogP contribution < -0.4 is 14.4 Å². The van der Waals surface area contributed by atoms with Crippen LogP contribution >= 0.6 is 0 Å². The molecule has 0 unspecified atom stereocenters. The van der Waals surface area contributed by atoms with E-state index in [1.807, 2.05) is 30.3 Å². The van der Waals surface area contributed by atoms with Crippen molar-refractivity contribution in [2.45, 2.75) is 0 Å². The summed E-state index contributed by atoms with van der Waals surface area (Å²) in [5.74, 6) is 1.00. The number of anilines is 1. The zero-order valence-electron chi connectivity index (χ0n) is 13.8. The topological polar surface area (TPSA) is 51.7 Å². The summed E-state index contributed by atoms with van der Waals surface area (Å²) in [6.07, 6.45) is 0. The average Bonchev–Trinajstić information content (AvgIpc) is 2.65. The number of ether oxygens (including phenoxy) is 2. The molecule has 3 aromatic rings. The van der Waals surface area contributed by atoms with Crippen molar-refractivity contribution in [2.75, 3.05) is 26.2 Å². The van der Waals surface area contributed by atoms with E-state index in [9.17, 15) is 4.79 Å². The monoisotopic (exact) mass is 322 g/mol. The van der Waals surface area contributed by atoms with E-state index >= 15 is 0 Å². The van der Waals surface area contributed by atoms with Gasteiger partial charge >= 0.3 is 0 Å². The number of amides is 1. The summed E-state index contributed by atoms with van der Waals surface area (Å²) in [4.78, 5) is 18.7. The van der Waals surface area contributed by atoms with Gasteiger partial charge in [-0.15, -0.1) is 0 Å². The van der Waals surface area contributed by atoms with Gasteiger partial charge in [-0.1, -0.05) is 24.3 Å². The number of rotatable bonds is 4. The quantitative estimate of drug-likeness (QED) is 0.737. The smallest absolute Gasteiger partial charge is 0.276 e. The molecule has 0 saturated carbocycles. The summed E-state index contributed by atoms with van der Waals surface area (Å²) < 4.78 is 10.5. The van der Waals surface area contributed by atoms with Gasteiger partial charge < -0.3 is 14.4 Å². The maximum Gasteiger partial charge on any atom is 0.276 e. The van der Waals surface area contributed by atoms with Crippen molar-refractivity contribution >= 4 is 22.5 Å². The molecule has 1 amide bonds. The molecule has 122 valence electrons. The predicted molar refractivity (Wildman–Crippen MR) is 94.0 cm³/mol. The maximum absolute atomic E-state index is 12.7. The van der Waals surface area contributed by atoms with Crippen LogP contribution in [0.4, 0.5) is 5.69 Å². The molecule has 24 heavy (non-hydrogen) atoms. The summed E-state index contributed by atoms with van der Waals surface area (Å²) in [5.41, 5.74) is 1.89. The Morgan fingerprint density at radius 3 is 2.46 bits per heavy atom. The van der Waals surface area contributed by atoms with Crippen LogP contribution in [-0.4, -0.2) is 32.2 Å². The fourth-order valence-electron chi connectivity index (χ4n) is 2.51. The lowest BCUT2D eigenvalue weighted by atomic mass is 10.2. The van der Waals surface area contributed by atoms with Gasteiger partial charge in [-0.2, -0.15) is 0 Å². The van der Waals surface area contributed by atoms with E-state index in [2.05, 4.69) is 4.98 Å². The first-order valence-corrected chi connectivity index (χ1v) is 7.50. The number of carbonyl (C=O) groups is 1. The molecule has 1 heterocycles. The molecule has 0 radical (unpaired) electrons. The maximum atomic E-state index is 12.7. The molecular formula is C19H18N2O3. The van der Waals surface area contributed by atoms with E-state index in [1.54, 1.807) is 50.4 Å². The normalized spacial score (nSPS) is 10.5. The number of benzene rings is 2. The zero-order chi connectivity index (χ0) is 17.1. The van der Waals surface area contributed by atoms with Gasteiger partial charge in [-0.3, -0.25) is 4.79 Å². The molecule has 0 atom stereocenters. The first-order chi connectivity index (χ1) is 11.6. The molecular weight excluding hydrogens is 304 g/mol. The minimum absolute atomic E-state index is 0.187. The Morgan fingerprint density at radius 1 is 0.958 bits per heavy atom. The first-order valence-electron chi connectivity index (χ1n) is 7.50. The Labute approximate surface area is 140 Å². The molecule has 5 nitrogen and oxygen atoms in total. The summed E-state index contributed by atoms with van der Waals surface area (Å²) in [6.45, 7) is 0. The standard InChI is InChI=1S/C19H18N2O3/c1-21(14-9-11-17(23-2)18(12-14)24-3)19(22)16-10-8-13-6-4-5-7-15(13)20-16/h4-12H,1-3H3. The second-order valence-corrected chi connectivity index (χ2v) is 5.29. The first kappa shape index (κ1) is 15.8. The molecule has 0 bridgehead atoms. The van der Waals surface area contributed by atoms with Crippen molar-refractivity contribution in [1.29, 1.82) is 0 Å². The van der Waals surface area contributed by atoms with E-state index in [1.165, 1.54) is 0 Å². The van der Waals surface area contributed by atoms with Gasteiger partial charge in [0.1, 0.15) is 5.69 Å². The highest BCUT2D eigenvalue weighted by molar-refractivity contribution is 6.05. The third-order valence-corrected chi connectivity index (χ3v) is 3.88. The Kier molecular flexibility index (Phi) is 4.33. The zero-order valence-corrected chi connectivity index (χ0v) is 13.8. The Balaban J connectivity index is 1.93. The van der Waals surface area contributed by atoms with Gasteiger partial charge in [0.2, 0.25) is 0 Å². The van der Waals surface area contributed by atoms with E-state index in [4.69, 9.17) is 9.47 Å². The number of methoxy groups -OCH3 is 2. The fourth-order valence-corrected chi connectivity index (χ4v) is 2.51. The van der Waals surface area contributed by atoms with Crippen molar-refractivity contribution in [3.63, 3.8) is 0 Å². The molecule has 0 N–H and O–H groups in total. The van der Waals surface area contributed by atoms with Gasteiger partial charge in [0, 0.05) is 24.2 Å². The van der Waals surface area contributed by atoms with E-state index in [0.717, 1.165) is 10.9 Å². The average molecular weight is 322 g/mol. The van der Waals surface area contributed by atoms with Crippen LogP contribution in [0.5, 0.6) is 11.5 Å². The third-order valence-electron chi connectivity index (χ3n) is 3.88. The number of pyridine rings is 1. The number of para-hydroxylation sites is 1. The molecule has 0 aliphatic heterocycles. The SMILES string of the molecule is COc1ccc(N(C)C(=O)c2ccc3ccccc3n2)cc1OC. The highest BCUT2D eigenvalue weighted by Gasteiger charge is 2.17. The minimum Gasteiger partial charge on any atom is -0.493 e. The Morgan fingerprint density at radius 2 is 1.71 bits per heavy atom. The summed E-state index contributed by atoms with van der Waals surface area (Å²) in [5, 5.41) is 1.00. The second kappa shape index (κ2) is 6.58. The van der Waals surface area contributed by atoms with Gasteiger partial charge in [0.25, 0.3) is 5.91 Å². The number of hydrogen-bond donors (Lipinski definition) is 0. The largest absolute Gasteiger partial charge is 0.493 e. The number of hydrogen-bond acceptors (Lipinski definition) is 4. The van der Waals surface area contributed by atoms with Crippen molar-refractivity contribution < 1.29 is 14.3 Å². The number of carbonyl (C=O) groups excluding carboxylic acids is 1. The van der Waals surface area contributed by atoms with Crippen LogP contribution in [-0.2, 0) is 0 Å². The summed E-state index contributed by atoms with van der Waals surface area (Å²) >= 11 is 0.